The van der Waals surface area contributed by atoms with Gasteiger partial charge in [-0.1, -0.05) is 48.5 Å². The number of carbonyl (C=O) groups excluding carboxylic acids is 1. The summed E-state index contributed by atoms with van der Waals surface area (Å²) in [5.41, 5.74) is 3.40. The van der Waals surface area contributed by atoms with Crippen LogP contribution in [0.15, 0.2) is 78.9 Å². The second-order valence-corrected chi connectivity index (χ2v) is 7.88. The van der Waals surface area contributed by atoms with Crippen LogP contribution in [0.4, 0.5) is 11.4 Å². The standard InChI is InChI=1S/C27H32N2O4/c1-20(2)33-16-15-32-19-21-9-7-12-23(17-21)28-26(22-10-5-4-6-11-22)27(30)29-24-13-8-14-25(18-24)31-3/h4-14,17-18,20,26,28H,15-16,19H2,1-3H3,(H,29,30). The maximum Gasteiger partial charge on any atom is 0.251 e. The molecule has 1 amide bonds. The average molecular weight is 449 g/mol. The van der Waals surface area contributed by atoms with Crippen LogP contribution >= 0.6 is 0 Å². The van der Waals surface area contributed by atoms with Gasteiger partial charge in [-0.15, -0.1) is 0 Å². The molecule has 0 aliphatic heterocycles. The minimum absolute atomic E-state index is 0.165. The van der Waals surface area contributed by atoms with Crippen LogP contribution in [0, 0.1) is 0 Å². The van der Waals surface area contributed by atoms with E-state index in [-0.39, 0.29) is 12.0 Å². The van der Waals surface area contributed by atoms with Crippen molar-refractivity contribution in [1.29, 1.82) is 0 Å². The molecule has 6 nitrogen and oxygen atoms in total. The highest BCUT2D eigenvalue weighted by molar-refractivity contribution is 5.97. The Morgan fingerprint density at radius 3 is 2.39 bits per heavy atom. The summed E-state index contributed by atoms with van der Waals surface area (Å²) in [4.78, 5) is 13.2. The molecule has 0 aromatic heterocycles. The van der Waals surface area contributed by atoms with E-state index < -0.39 is 6.04 Å². The van der Waals surface area contributed by atoms with Gasteiger partial charge in [0.2, 0.25) is 0 Å². The quantitative estimate of drug-likeness (QED) is 0.362. The van der Waals surface area contributed by atoms with Crippen LogP contribution in [0.1, 0.15) is 31.0 Å². The summed E-state index contributed by atoms with van der Waals surface area (Å²) < 4.78 is 16.5. The zero-order valence-electron chi connectivity index (χ0n) is 19.4. The maximum absolute atomic E-state index is 13.2. The summed E-state index contributed by atoms with van der Waals surface area (Å²) >= 11 is 0. The third-order valence-electron chi connectivity index (χ3n) is 4.92. The first-order chi connectivity index (χ1) is 16.0. The van der Waals surface area contributed by atoms with Crippen LogP contribution in [0.2, 0.25) is 0 Å². The van der Waals surface area contributed by atoms with Gasteiger partial charge in [0.15, 0.2) is 0 Å². The summed E-state index contributed by atoms with van der Waals surface area (Å²) in [5.74, 6) is 0.519. The first-order valence-electron chi connectivity index (χ1n) is 11.1. The van der Waals surface area contributed by atoms with Crippen molar-refractivity contribution in [3.8, 4) is 5.75 Å². The maximum atomic E-state index is 13.2. The van der Waals surface area contributed by atoms with Crippen LogP contribution in [-0.2, 0) is 20.9 Å². The molecule has 0 spiro atoms. The van der Waals surface area contributed by atoms with Crippen LogP contribution in [0.5, 0.6) is 5.75 Å². The van der Waals surface area contributed by atoms with E-state index in [4.69, 9.17) is 14.2 Å². The lowest BCUT2D eigenvalue weighted by molar-refractivity contribution is -0.117. The molecule has 33 heavy (non-hydrogen) atoms. The Morgan fingerprint density at radius 2 is 1.64 bits per heavy atom. The topological polar surface area (TPSA) is 68.8 Å². The minimum Gasteiger partial charge on any atom is -0.497 e. The molecule has 6 heteroatoms. The number of carbonyl (C=O) groups is 1. The number of amides is 1. The molecule has 1 unspecified atom stereocenters. The van der Waals surface area contributed by atoms with E-state index >= 15 is 0 Å². The summed E-state index contributed by atoms with van der Waals surface area (Å²) in [6, 6.07) is 24.3. The van der Waals surface area contributed by atoms with Crippen molar-refractivity contribution in [2.75, 3.05) is 31.0 Å². The Balaban J connectivity index is 1.70. The van der Waals surface area contributed by atoms with E-state index in [1.807, 2.05) is 86.6 Å². The molecule has 3 rings (SSSR count). The Kier molecular flexibility index (Phi) is 9.30. The molecule has 174 valence electrons. The number of nitrogens with one attached hydrogen (secondary N) is 2. The first-order valence-corrected chi connectivity index (χ1v) is 11.1. The number of anilines is 2. The number of benzene rings is 3. The van der Waals surface area contributed by atoms with Crippen molar-refractivity contribution in [1.82, 2.24) is 0 Å². The van der Waals surface area contributed by atoms with E-state index in [9.17, 15) is 4.79 Å². The van der Waals surface area contributed by atoms with Crippen molar-refractivity contribution in [3.05, 3.63) is 90.0 Å². The van der Waals surface area contributed by atoms with E-state index in [1.165, 1.54) is 0 Å². The Bertz CT molecular complexity index is 1010. The fourth-order valence-electron chi connectivity index (χ4n) is 3.31. The van der Waals surface area contributed by atoms with Gasteiger partial charge in [0.25, 0.3) is 5.91 Å². The lowest BCUT2D eigenvalue weighted by Gasteiger charge is -2.21. The molecule has 1 atom stereocenters. The van der Waals surface area contributed by atoms with Crippen LogP contribution in [-0.4, -0.2) is 32.3 Å². The summed E-state index contributed by atoms with van der Waals surface area (Å²) in [6.45, 7) is 5.58. The van der Waals surface area contributed by atoms with Crippen LogP contribution < -0.4 is 15.4 Å². The third kappa shape index (κ3) is 7.93. The molecule has 0 bridgehead atoms. The highest BCUT2D eigenvalue weighted by atomic mass is 16.5. The van der Waals surface area contributed by atoms with Gasteiger partial charge in [-0.2, -0.15) is 0 Å². The summed E-state index contributed by atoms with van der Waals surface area (Å²) in [5, 5.41) is 6.36. The number of rotatable bonds is 12. The van der Waals surface area contributed by atoms with E-state index in [0.717, 1.165) is 16.8 Å². The van der Waals surface area contributed by atoms with Gasteiger partial charge < -0.3 is 24.8 Å². The fourth-order valence-corrected chi connectivity index (χ4v) is 3.31. The molecular weight excluding hydrogens is 416 g/mol. The summed E-state index contributed by atoms with van der Waals surface area (Å²) in [6.07, 6.45) is 0.194. The SMILES string of the molecule is COc1cccc(NC(=O)C(Nc2cccc(COCCOC(C)C)c2)c2ccccc2)c1. The smallest absolute Gasteiger partial charge is 0.251 e. The molecule has 0 radical (unpaired) electrons. The molecule has 0 heterocycles. The van der Waals surface area contributed by atoms with Crippen molar-refractivity contribution < 1.29 is 19.0 Å². The number of hydrogen-bond donors (Lipinski definition) is 2. The monoisotopic (exact) mass is 448 g/mol. The Morgan fingerprint density at radius 1 is 0.879 bits per heavy atom. The highest BCUT2D eigenvalue weighted by Gasteiger charge is 2.21. The van der Waals surface area contributed by atoms with E-state index in [2.05, 4.69) is 10.6 Å². The van der Waals surface area contributed by atoms with Gasteiger partial charge in [0.05, 0.1) is 33.0 Å². The third-order valence-corrected chi connectivity index (χ3v) is 4.92. The zero-order valence-corrected chi connectivity index (χ0v) is 19.4. The second kappa shape index (κ2) is 12.6. The van der Waals surface area contributed by atoms with E-state index in [1.54, 1.807) is 13.2 Å². The second-order valence-electron chi connectivity index (χ2n) is 7.88. The first kappa shape index (κ1) is 24.3. The zero-order chi connectivity index (χ0) is 23.5. The predicted molar refractivity (Wildman–Crippen MR) is 132 cm³/mol. The molecule has 3 aromatic carbocycles. The summed E-state index contributed by atoms with van der Waals surface area (Å²) in [7, 11) is 1.60. The van der Waals surface area contributed by atoms with Crippen molar-refractivity contribution in [3.63, 3.8) is 0 Å². The molecule has 0 aliphatic carbocycles. The molecule has 0 aliphatic rings. The Labute approximate surface area is 195 Å². The van der Waals surface area contributed by atoms with Gasteiger partial charge in [-0.25, -0.2) is 0 Å². The van der Waals surface area contributed by atoms with E-state index in [0.29, 0.717) is 31.3 Å². The number of hydrogen-bond acceptors (Lipinski definition) is 5. The Hall–Kier alpha value is -3.35. The van der Waals surface area contributed by atoms with Gasteiger partial charge in [0, 0.05) is 17.4 Å². The average Bonchev–Trinajstić information content (AvgIpc) is 2.83. The van der Waals surface area contributed by atoms with Gasteiger partial charge in [0.1, 0.15) is 11.8 Å². The molecule has 0 fully saturated rings. The predicted octanol–water partition coefficient (Wildman–Crippen LogP) is 5.43. The van der Waals surface area contributed by atoms with Gasteiger partial charge >= 0.3 is 0 Å². The molecule has 3 aromatic rings. The lowest BCUT2D eigenvalue weighted by atomic mass is 10.0. The fraction of sp³-hybridized carbons (Fsp3) is 0.296. The lowest BCUT2D eigenvalue weighted by Crippen LogP contribution is -2.27. The van der Waals surface area contributed by atoms with Crippen molar-refractivity contribution in [2.45, 2.75) is 32.6 Å². The highest BCUT2D eigenvalue weighted by Crippen LogP contribution is 2.24. The van der Waals surface area contributed by atoms with Crippen molar-refractivity contribution >= 4 is 17.3 Å². The molecular formula is C27H32N2O4. The number of ether oxygens (including phenoxy) is 3. The minimum atomic E-state index is -0.576. The molecule has 0 saturated carbocycles. The van der Waals surface area contributed by atoms with Crippen LogP contribution in [0.3, 0.4) is 0 Å². The van der Waals surface area contributed by atoms with Gasteiger partial charge in [-0.3, -0.25) is 4.79 Å². The van der Waals surface area contributed by atoms with Crippen molar-refractivity contribution in [2.24, 2.45) is 0 Å². The van der Waals surface area contributed by atoms with Gasteiger partial charge in [-0.05, 0) is 49.2 Å². The normalized spacial score (nSPS) is 11.8. The molecule has 2 N–H and O–H groups in total. The van der Waals surface area contributed by atoms with Crippen LogP contribution in [0.25, 0.3) is 0 Å². The molecule has 0 saturated heterocycles. The number of methoxy groups -OCH3 is 1. The largest absolute Gasteiger partial charge is 0.497 e.